The molecular weight excluding hydrogens is 1240 g/mol. The fourth-order valence-corrected chi connectivity index (χ4v) is 16.3. The molecule has 0 aliphatic rings. The van der Waals surface area contributed by atoms with E-state index < -0.39 is 0 Å². The summed E-state index contributed by atoms with van der Waals surface area (Å²) in [6, 6.07) is 131. The first-order valence-electron chi connectivity index (χ1n) is 34.9. The SMILES string of the molecule is c1ccc(-c2cc(-c3ccccc3)cc(-n3c4ccccc4c4cc5c6cc7c(cc6n(-c6ccccc6)c5cc43)oc3ccccc37)c2)cc1.c1ccc(-c2ccc(-c3cccc(-n4c5ccccc5c5cc6c7cc8c(cc7n(-c7ccccc7)c6cc54)oc4ccccc48)c3)cc2)cc1. The van der Waals surface area contributed by atoms with Crippen molar-refractivity contribution < 1.29 is 8.83 Å². The molecule has 0 N–H and O–H groups in total. The van der Waals surface area contributed by atoms with Crippen molar-refractivity contribution in [2.75, 3.05) is 0 Å². The molecule has 6 heteroatoms. The second kappa shape index (κ2) is 23.0. The van der Waals surface area contributed by atoms with Gasteiger partial charge in [-0.15, -0.1) is 0 Å². The fraction of sp³-hybridized carbons (Fsp3) is 0. The Morgan fingerprint density at radius 3 is 0.882 bits per heavy atom. The normalized spacial score (nSPS) is 11.9. The molecule has 0 radical (unpaired) electrons. The van der Waals surface area contributed by atoms with Crippen LogP contribution in [0.15, 0.2) is 373 Å². The summed E-state index contributed by atoms with van der Waals surface area (Å²) < 4.78 is 22.5. The molecule has 0 aliphatic heterocycles. The van der Waals surface area contributed by atoms with Gasteiger partial charge in [-0.1, -0.05) is 237 Å². The number of hydrogen-bond donors (Lipinski definition) is 0. The molecule has 476 valence electrons. The topological polar surface area (TPSA) is 46.0 Å². The van der Waals surface area contributed by atoms with Gasteiger partial charge in [0, 0.05) is 99.5 Å². The maximum atomic E-state index is 6.42. The zero-order chi connectivity index (χ0) is 66.9. The third-order valence-corrected chi connectivity index (χ3v) is 21.0. The second-order valence-electron chi connectivity index (χ2n) is 26.7. The van der Waals surface area contributed by atoms with Crippen LogP contribution in [0, 0.1) is 0 Å². The van der Waals surface area contributed by atoms with Gasteiger partial charge in [0.2, 0.25) is 0 Å². The summed E-state index contributed by atoms with van der Waals surface area (Å²) in [7, 11) is 0. The Balaban J connectivity index is 0.000000133. The van der Waals surface area contributed by atoms with Gasteiger partial charge in [0.15, 0.2) is 0 Å². The van der Waals surface area contributed by atoms with Gasteiger partial charge >= 0.3 is 0 Å². The van der Waals surface area contributed by atoms with E-state index in [1.165, 1.54) is 110 Å². The van der Waals surface area contributed by atoms with E-state index in [9.17, 15) is 0 Å². The lowest BCUT2D eigenvalue weighted by molar-refractivity contribution is 0.669. The quantitative estimate of drug-likeness (QED) is 0.152. The molecule has 0 amide bonds. The first-order chi connectivity index (χ1) is 50.6. The molecule has 0 saturated carbocycles. The molecule has 0 saturated heterocycles. The van der Waals surface area contributed by atoms with Crippen LogP contribution in [0.1, 0.15) is 0 Å². The van der Waals surface area contributed by atoms with Crippen molar-refractivity contribution in [2.45, 2.75) is 0 Å². The summed E-state index contributed by atoms with van der Waals surface area (Å²) in [4.78, 5) is 0. The first-order valence-corrected chi connectivity index (χ1v) is 34.9. The van der Waals surface area contributed by atoms with E-state index in [0.717, 1.165) is 88.7 Å². The maximum Gasteiger partial charge on any atom is 0.137 e. The van der Waals surface area contributed by atoms with E-state index in [-0.39, 0.29) is 0 Å². The third-order valence-electron chi connectivity index (χ3n) is 21.0. The average Bonchev–Trinajstić information content (AvgIpc) is 1.56. The van der Waals surface area contributed by atoms with Gasteiger partial charge in [-0.25, -0.2) is 0 Å². The van der Waals surface area contributed by atoms with Crippen LogP contribution in [-0.4, -0.2) is 18.3 Å². The Hall–Kier alpha value is -13.7. The lowest BCUT2D eigenvalue weighted by atomic mass is 9.98. The second-order valence-corrected chi connectivity index (χ2v) is 26.7. The number of furan rings is 2. The third kappa shape index (κ3) is 9.13. The minimum Gasteiger partial charge on any atom is -0.456 e. The maximum absolute atomic E-state index is 6.42. The predicted octanol–water partition coefficient (Wildman–Crippen LogP) is 26.2. The van der Waals surface area contributed by atoms with E-state index in [1.807, 2.05) is 12.1 Å². The van der Waals surface area contributed by atoms with Gasteiger partial charge < -0.3 is 27.1 Å². The molecule has 22 rings (SSSR count). The zero-order valence-corrected chi connectivity index (χ0v) is 55.2. The van der Waals surface area contributed by atoms with Gasteiger partial charge in [0.25, 0.3) is 0 Å². The number of fused-ring (bicyclic) bond motifs is 18. The summed E-state index contributed by atoms with van der Waals surface area (Å²) in [5.41, 5.74) is 27.0. The van der Waals surface area contributed by atoms with Crippen molar-refractivity contribution in [3.63, 3.8) is 0 Å². The Bertz CT molecular complexity index is 7020. The van der Waals surface area contributed by atoms with Crippen LogP contribution in [0.25, 0.3) is 198 Å². The molecule has 6 aromatic heterocycles. The van der Waals surface area contributed by atoms with E-state index >= 15 is 0 Å². The number of hydrogen-bond acceptors (Lipinski definition) is 2. The highest BCUT2D eigenvalue weighted by molar-refractivity contribution is 6.24. The van der Waals surface area contributed by atoms with Gasteiger partial charge in [0.05, 0.1) is 44.1 Å². The molecule has 0 fully saturated rings. The van der Waals surface area contributed by atoms with Crippen molar-refractivity contribution in [3.05, 3.63) is 364 Å². The lowest BCUT2D eigenvalue weighted by Crippen LogP contribution is -1.97. The standard InChI is InChI=1S/2C48H30N2O/c1-4-14-31(15-5-1)33-24-34(32-16-6-2-7-17-32)26-36(25-33)50-43-22-12-10-20-37(43)39-27-40-41-28-42-38-21-11-13-23-47(38)51-48(42)30-46(41)49(45(40)29-44(39)50)35-18-8-3-9-19-35;1-3-12-31(13-4-1)32-22-24-33(25-23-32)34-14-11-17-36(26-34)50-43-20-9-7-18-37(43)39-27-40-41-28-42-38-19-8-10-21-47(38)51-48(42)30-46(41)49(45(40)29-44(39)50)35-15-5-2-6-16-35/h2*1-30H. The van der Waals surface area contributed by atoms with Crippen LogP contribution in [0.5, 0.6) is 0 Å². The Morgan fingerprint density at radius 1 is 0.137 bits per heavy atom. The Kier molecular flexibility index (Phi) is 12.9. The van der Waals surface area contributed by atoms with E-state index in [1.54, 1.807) is 0 Å². The highest BCUT2D eigenvalue weighted by Crippen LogP contribution is 2.46. The Morgan fingerprint density at radius 2 is 0.431 bits per heavy atom. The molecule has 0 aliphatic carbocycles. The summed E-state index contributed by atoms with van der Waals surface area (Å²) in [6.07, 6.45) is 0. The smallest absolute Gasteiger partial charge is 0.137 e. The van der Waals surface area contributed by atoms with Crippen molar-refractivity contribution in [2.24, 2.45) is 0 Å². The molecule has 16 aromatic carbocycles. The summed E-state index contributed by atoms with van der Waals surface area (Å²) in [5, 5.41) is 14.4. The van der Waals surface area contributed by atoms with E-state index in [4.69, 9.17) is 8.83 Å². The summed E-state index contributed by atoms with van der Waals surface area (Å²) >= 11 is 0. The van der Waals surface area contributed by atoms with Crippen molar-refractivity contribution in [1.82, 2.24) is 18.3 Å². The predicted molar refractivity (Wildman–Crippen MR) is 427 cm³/mol. The van der Waals surface area contributed by atoms with E-state index in [2.05, 4.69) is 370 Å². The van der Waals surface area contributed by atoms with Crippen molar-refractivity contribution >= 4 is 131 Å². The molecule has 0 spiro atoms. The monoisotopic (exact) mass is 1300 g/mol. The fourth-order valence-electron chi connectivity index (χ4n) is 16.3. The minimum absolute atomic E-state index is 0.898. The summed E-state index contributed by atoms with van der Waals surface area (Å²) in [6.45, 7) is 0. The minimum atomic E-state index is 0.898. The molecule has 102 heavy (non-hydrogen) atoms. The van der Waals surface area contributed by atoms with Crippen LogP contribution in [0.3, 0.4) is 0 Å². The molecule has 0 atom stereocenters. The molecule has 0 unspecified atom stereocenters. The lowest BCUT2D eigenvalue weighted by Gasteiger charge is -2.14. The van der Waals surface area contributed by atoms with E-state index in [0.29, 0.717) is 0 Å². The zero-order valence-electron chi connectivity index (χ0n) is 55.2. The van der Waals surface area contributed by atoms with Gasteiger partial charge in [-0.3, -0.25) is 0 Å². The molecule has 6 nitrogen and oxygen atoms in total. The highest BCUT2D eigenvalue weighted by atomic mass is 16.3. The van der Waals surface area contributed by atoms with Crippen LogP contribution in [0.4, 0.5) is 0 Å². The number of rotatable bonds is 8. The largest absolute Gasteiger partial charge is 0.456 e. The van der Waals surface area contributed by atoms with Gasteiger partial charge in [0.1, 0.15) is 22.3 Å². The van der Waals surface area contributed by atoms with Crippen LogP contribution >= 0.6 is 0 Å². The van der Waals surface area contributed by atoms with Gasteiger partial charge in [-0.2, -0.15) is 0 Å². The van der Waals surface area contributed by atoms with Crippen LogP contribution in [-0.2, 0) is 0 Å². The number of benzene rings is 16. The first kappa shape index (κ1) is 57.4. The molecule has 0 bridgehead atoms. The van der Waals surface area contributed by atoms with Crippen molar-refractivity contribution in [3.8, 4) is 67.3 Å². The number of aromatic nitrogens is 4. The molecule has 6 heterocycles. The number of nitrogens with zero attached hydrogens (tertiary/aromatic N) is 4. The highest BCUT2D eigenvalue weighted by Gasteiger charge is 2.24. The molecular formula is C96H60N4O2. The summed E-state index contributed by atoms with van der Waals surface area (Å²) in [5.74, 6) is 0. The average molecular weight is 1300 g/mol. The van der Waals surface area contributed by atoms with Crippen LogP contribution in [0.2, 0.25) is 0 Å². The Labute approximate surface area is 585 Å². The van der Waals surface area contributed by atoms with Crippen molar-refractivity contribution in [1.29, 1.82) is 0 Å². The van der Waals surface area contributed by atoms with Crippen LogP contribution < -0.4 is 0 Å². The molecule has 22 aromatic rings. The number of para-hydroxylation sites is 6. The van der Waals surface area contributed by atoms with Gasteiger partial charge in [-0.05, 0) is 160 Å².